The number of hydrazine groups is 1. The molecular weight excluding hydrogens is 208 g/mol. The first-order chi connectivity index (χ1) is 8.20. The maximum atomic E-state index is 5.68. The van der Waals surface area contributed by atoms with E-state index in [0.29, 0.717) is 12.0 Å². The number of benzene rings is 1. The molecule has 0 heterocycles. The summed E-state index contributed by atoms with van der Waals surface area (Å²) < 4.78 is 0. The highest BCUT2D eigenvalue weighted by molar-refractivity contribution is 5.30. The number of hydrogen-bond donors (Lipinski definition) is 2. The minimum atomic E-state index is 0.299. The van der Waals surface area contributed by atoms with E-state index in [4.69, 9.17) is 5.84 Å². The molecule has 1 aromatic carbocycles. The van der Waals surface area contributed by atoms with E-state index in [-0.39, 0.29) is 0 Å². The monoisotopic (exact) mass is 230 g/mol. The lowest BCUT2D eigenvalue weighted by atomic mass is 9.80. The van der Waals surface area contributed by atoms with Crippen molar-refractivity contribution in [2.24, 2.45) is 11.8 Å². The van der Waals surface area contributed by atoms with Crippen molar-refractivity contribution in [3.63, 3.8) is 0 Å². The molecule has 1 aliphatic carbocycles. The third kappa shape index (κ3) is 2.96. The molecular formula is C15H22N2. The molecule has 0 aromatic heterocycles. The molecule has 1 aliphatic rings. The Morgan fingerprint density at radius 1 is 1.35 bits per heavy atom. The number of allylic oxidation sites excluding steroid dienone is 1. The Kier molecular flexibility index (Phi) is 3.97. The summed E-state index contributed by atoms with van der Waals surface area (Å²) >= 11 is 0. The van der Waals surface area contributed by atoms with Crippen LogP contribution in [-0.2, 0) is 12.8 Å². The van der Waals surface area contributed by atoms with Crippen molar-refractivity contribution in [2.75, 3.05) is 0 Å². The Morgan fingerprint density at radius 3 is 2.71 bits per heavy atom. The minimum absolute atomic E-state index is 0.299. The van der Waals surface area contributed by atoms with Crippen molar-refractivity contribution in [2.45, 2.75) is 39.2 Å². The van der Waals surface area contributed by atoms with E-state index in [9.17, 15) is 0 Å². The fraction of sp³-hybridized carbons (Fsp3) is 0.467. The Labute approximate surface area is 104 Å². The van der Waals surface area contributed by atoms with Crippen molar-refractivity contribution in [1.29, 1.82) is 0 Å². The largest absolute Gasteiger partial charge is 0.271 e. The van der Waals surface area contributed by atoms with E-state index in [1.807, 2.05) is 0 Å². The molecule has 0 saturated heterocycles. The van der Waals surface area contributed by atoms with Gasteiger partial charge >= 0.3 is 0 Å². The SMILES string of the molecule is CC(C)=CC(NN)C1CCc2ccccc2C1. The van der Waals surface area contributed by atoms with Crippen LogP contribution in [-0.4, -0.2) is 6.04 Å². The third-order valence-corrected chi connectivity index (χ3v) is 3.60. The third-order valence-electron chi connectivity index (χ3n) is 3.60. The maximum Gasteiger partial charge on any atom is 0.0424 e. The lowest BCUT2D eigenvalue weighted by Crippen LogP contribution is -2.41. The van der Waals surface area contributed by atoms with Gasteiger partial charge in [-0.2, -0.15) is 0 Å². The number of nitrogens with two attached hydrogens (primary N) is 1. The predicted octanol–water partition coefficient (Wildman–Crippen LogP) is 2.59. The van der Waals surface area contributed by atoms with E-state index in [2.05, 4.69) is 49.6 Å². The highest BCUT2D eigenvalue weighted by Gasteiger charge is 2.23. The van der Waals surface area contributed by atoms with Gasteiger partial charge < -0.3 is 0 Å². The summed E-state index contributed by atoms with van der Waals surface area (Å²) in [6.45, 7) is 4.25. The summed E-state index contributed by atoms with van der Waals surface area (Å²) in [4.78, 5) is 0. The average molecular weight is 230 g/mol. The summed E-state index contributed by atoms with van der Waals surface area (Å²) in [6, 6.07) is 9.06. The van der Waals surface area contributed by atoms with Gasteiger partial charge in [-0.1, -0.05) is 35.9 Å². The number of rotatable bonds is 3. The zero-order valence-corrected chi connectivity index (χ0v) is 10.7. The molecule has 0 saturated carbocycles. The molecule has 1 aromatic rings. The van der Waals surface area contributed by atoms with E-state index < -0.39 is 0 Å². The van der Waals surface area contributed by atoms with Gasteiger partial charge in [0.1, 0.15) is 0 Å². The summed E-state index contributed by atoms with van der Waals surface area (Å²) in [6.07, 6.45) is 5.78. The molecule has 0 spiro atoms. The smallest absolute Gasteiger partial charge is 0.0424 e. The summed E-state index contributed by atoms with van der Waals surface area (Å²) in [7, 11) is 0. The first-order valence-electron chi connectivity index (χ1n) is 6.38. The molecule has 0 bridgehead atoms. The van der Waals surface area contributed by atoms with Crippen LogP contribution in [0.1, 0.15) is 31.4 Å². The Morgan fingerprint density at radius 2 is 2.06 bits per heavy atom. The Balaban J connectivity index is 2.13. The van der Waals surface area contributed by atoms with Crippen LogP contribution >= 0.6 is 0 Å². The number of nitrogens with one attached hydrogen (secondary N) is 1. The van der Waals surface area contributed by atoms with Crippen molar-refractivity contribution in [3.8, 4) is 0 Å². The van der Waals surface area contributed by atoms with E-state index in [1.54, 1.807) is 0 Å². The molecule has 92 valence electrons. The van der Waals surface area contributed by atoms with Gasteiger partial charge in [-0.15, -0.1) is 0 Å². The minimum Gasteiger partial charge on any atom is -0.271 e. The molecule has 2 heteroatoms. The van der Waals surface area contributed by atoms with Crippen LogP contribution in [0.5, 0.6) is 0 Å². The van der Waals surface area contributed by atoms with Gasteiger partial charge in [0, 0.05) is 6.04 Å². The summed E-state index contributed by atoms with van der Waals surface area (Å²) in [5, 5.41) is 0. The Hall–Kier alpha value is -1.12. The normalized spacial score (nSPS) is 20.5. The molecule has 17 heavy (non-hydrogen) atoms. The van der Waals surface area contributed by atoms with Crippen LogP contribution in [0.2, 0.25) is 0 Å². The van der Waals surface area contributed by atoms with Crippen LogP contribution in [0.15, 0.2) is 35.9 Å². The van der Waals surface area contributed by atoms with Crippen molar-refractivity contribution in [1.82, 2.24) is 5.43 Å². The van der Waals surface area contributed by atoms with Crippen molar-refractivity contribution >= 4 is 0 Å². The highest BCUT2D eigenvalue weighted by atomic mass is 15.2. The van der Waals surface area contributed by atoms with Gasteiger partial charge in [0.15, 0.2) is 0 Å². The lowest BCUT2D eigenvalue weighted by Gasteiger charge is -2.29. The lowest BCUT2D eigenvalue weighted by molar-refractivity contribution is 0.368. The second-order valence-corrected chi connectivity index (χ2v) is 5.21. The molecule has 2 unspecified atom stereocenters. The van der Waals surface area contributed by atoms with Crippen LogP contribution in [0.25, 0.3) is 0 Å². The van der Waals surface area contributed by atoms with E-state index >= 15 is 0 Å². The van der Waals surface area contributed by atoms with Crippen LogP contribution in [0.4, 0.5) is 0 Å². The Bertz CT molecular complexity index is 405. The fourth-order valence-electron chi connectivity index (χ4n) is 2.71. The highest BCUT2D eigenvalue weighted by Crippen LogP contribution is 2.28. The second-order valence-electron chi connectivity index (χ2n) is 5.21. The van der Waals surface area contributed by atoms with Crippen LogP contribution < -0.4 is 11.3 Å². The zero-order valence-electron chi connectivity index (χ0n) is 10.7. The van der Waals surface area contributed by atoms with Gasteiger partial charge in [-0.3, -0.25) is 11.3 Å². The zero-order chi connectivity index (χ0) is 12.3. The average Bonchev–Trinajstić information content (AvgIpc) is 2.35. The van der Waals surface area contributed by atoms with Crippen molar-refractivity contribution < 1.29 is 0 Å². The number of fused-ring (bicyclic) bond motifs is 1. The maximum absolute atomic E-state index is 5.68. The predicted molar refractivity (Wildman–Crippen MR) is 72.5 cm³/mol. The quantitative estimate of drug-likeness (QED) is 0.476. The molecule has 2 atom stereocenters. The standard InChI is InChI=1S/C15H22N2/c1-11(2)9-15(17-16)14-8-7-12-5-3-4-6-13(12)10-14/h3-6,9,14-15,17H,7-8,10,16H2,1-2H3. The van der Waals surface area contributed by atoms with E-state index in [0.717, 1.165) is 6.42 Å². The molecule has 2 nitrogen and oxygen atoms in total. The molecule has 0 fully saturated rings. The molecule has 3 N–H and O–H groups in total. The number of aryl methyl sites for hydroxylation is 1. The van der Waals surface area contributed by atoms with E-state index in [1.165, 1.54) is 29.5 Å². The van der Waals surface area contributed by atoms with Gasteiger partial charge in [-0.25, -0.2) is 0 Å². The first kappa shape index (κ1) is 12.3. The molecule has 0 aliphatic heterocycles. The van der Waals surface area contributed by atoms with Gasteiger partial charge in [0.25, 0.3) is 0 Å². The first-order valence-corrected chi connectivity index (χ1v) is 6.38. The van der Waals surface area contributed by atoms with Gasteiger partial charge in [0.05, 0.1) is 0 Å². The summed E-state index contributed by atoms with van der Waals surface area (Å²) in [5.41, 5.74) is 7.29. The molecule has 0 amide bonds. The van der Waals surface area contributed by atoms with Gasteiger partial charge in [0.2, 0.25) is 0 Å². The number of hydrogen-bond acceptors (Lipinski definition) is 2. The summed E-state index contributed by atoms with van der Waals surface area (Å²) in [5.74, 6) is 6.29. The van der Waals surface area contributed by atoms with Crippen LogP contribution in [0, 0.1) is 5.92 Å². The molecule has 2 rings (SSSR count). The van der Waals surface area contributed by atoms with Crippen molar-refractivity contribution in [3.05, 3.63) is 47.0 Å². The van der Waals surface area contributed by atoms with Gasteiger partial charge in [-0.05, 0) is 50.2 Å². The topological polar surface area (TPSA) is 38.0 Å². The fourth-order valence-corrected chi connectivity index (χ4v) is 2.71. The molecule has 0 radical (unpaired) electrons. The second kappa shape index (κ2) is 5.48. The van der Waals surface area contributed by atoms with Crippen LogP contribution in [0.3, 0.4) is 0 Å².